The first-order valence-corrected chi connectivity index (χ1v) is 16.5. The fourth-order valence-electron chi connectivity index (χ4n) is 5.45. The molecule has 2 N–H and O–H groups in total. The van der Waals surface area contributed by atoms with Crippen molar-refractivity contribution in [3.8, 4) is 22.9 Å². The van der Waals surface area contributed by atoms with Crippen molar-refractivity contribution in [2.24, 2.45) is 7.05 Å². The molecule has 5 aromatic rings. The van der Waals surface area contributed by atoms with Crippen LogP contribution in [0.3, 0.4) is 0 Å². The molecule has 0 atom stereocenters. The number of nitrogens with zero attached hydrogens (tertiary/aromatic N) is 3. The Morgan fingerprint density at radius 3 is 2.42 bits per heavy atom. The van der Waals surface area contributed by atoms with Gasteiger partial charge >= 0.3 is 12.1 Å². The first-order chi connectivity index (χ1) is 24.7. The van der Waals surface area contributed by atoms with Crippen LogP contribution in [-0.4, -0.2) is 56.7 Å². The smallest absolute Gasteiger partial charge is 0.408 e. The van der Waals surface area contributed by atoms with Crippen LogP contribution >= 0.6 is 0 Å². The highest BCUT2D eigenvalue weighted by atomic mass is 19.1. The molecular formula is C38H38FN5O8. The third-order valence-electron chi connectivity index (χ3n) is 8.28. The minimum atomic E-state index is -0.787. The average molecular weight is 712 g/mol. The molecule has 2 amide bonds. The van der Waals surface area contributed by atoms with Crippen LogP contribution in [0.2, 0.25) is 0 Å². The van der Waals surface area contributed by atoms with E-state index in [0.717, 1.165) is 6.07 Å². The maximum absolute atomic E-state index is 15.3. The number of amides is 2. The third-order valence-corrected chi connectivity index (χ3v) is 8.28. The summed E-state index contributed by atoms with van der Waals surface area (Å²) < 4.78 is 40.9. The van der Waals surface area contributed by atoms with Gasteiger partial charge in [-0.05, 0) is 83.0 Å². The number of ether oxygens (including phenoxy) is 4. The van der Waals surface area contributed by atoms with E-state index in [1.54, 1.807) is 88.0 Å². The van der Waals surface area contributed by atoms with Gasteiger partial charge in [-0.1, -0.05) is 18.2 Å². The second-order valence-electron chi connectivity index (χ2n) is 13.4. The first-order valence-electron chi connectivity index (χ1n) is 16.5. The van der Waals surface area contributed by atoms with Crippen LogP contribution in [-0.2, 0) is 21.3 Å². The number of aromatic nitrogens is 3. The van der Waals surface area contributed by atoms with Crippen LogP contribution in [0, 0.1) is 12.7 Å². The summed E-state index contributed by atoms with van der Waals surface area (Å²) >= 11 is 0. The van der Waals surface area contributed by atoms with Gasteiger partial charge < -0.3 is 29.6 Å². The Balaban J connectivity index is 1.08. The van der Waals surface area contributed by atoms with E-state index in [-0.39, 0.29) is 30.2 Å². The zero-order valence-electron chi connectivity index (χ0n) is 29.3. The van der Waals surface area contributed by atoms with Gasteiger partial charge in [0.1, 0.15) is 41.4 Å². The summed E-state index contributed by atoms with van der Waals surface area (Å²) in [6, 6.07) is 19.6. The number of carbonyl (C=O) groups excluding carboxylic acids is 3. The van der Waals surface area contributed by atoms with Gasteiger partial charge in [-0.25, -0.2) is 13.9 Å². The monoisotopic (exact) mass is 711 g/mol. The molecule has 1 fully saturated rings. The standard InChI is InChI=1S/C38H38FN5O8/c1-23-33(35(47)44(43(23)5)25-9-7-6-8-10-25)34(46)42-24-11-14-31(28(39)19-24)50-30-15-18-40-29-20-26(12-13-27(29)30)49-22-38(16-17-38)51-32(45)21-41-36(48)52-37(2,3)4/h6-15,18-20H,16-17,21-22H2,1-5H3,(H,41,48)(H,42,46). The lowest BCUT2D eigenvalue weighted by Crippen LogP contribution is -2.38. The molecule has 1 aliphatic rings. The van der Waals surface area contributed by atoms with Gasteiger partial charge in [-0.2, -0.15) is 0 Å². The highest BCUT2D eigenvalue weighted by molar-refractivity contribution is 6.05. The van der Waals surface area contributed by atoms with Gasteiger partial charge in [0.2, 0.25) is 0 Å². The van der Waals surface area contributed by atoms with E-state index in [9.17, 15) is 19.2 Å². The van der Waals surface area contributed by atoms with Gasteiger partial charge in [-0.15, -0.1) is 0 Å². The van der Waals surface area contributed by atoms with E-state index in [2.05, 4.69) is 15.6 Å². The normalized spacial score (nSPS) is 13.3. The van der Waals surface area contributed by atoms with Crippen molar-refractivity contribution in [3.63, 3.8) is 0 Å². The first kappa shape index (κ1) is 35.6. The molecule has 0 spiro atoms. The Morgan fingerprint density at radius 2 is 1.73 bits per heavy atom. The molecule has 0 saturated heterocycles. The summed E-state index contributed by atoms with van der Waals surface area (Å²) in [5.41, 5.74) is -0.317. The molecule has 1 saturated carbocycles. The largest absolute Gasteiger partial charge is 0.489 e. The Labute approximate surface area is 298 Å². The lowest BCUT2D eigenvalue weighted by Gasteiger charge is -2.20. The Morgan fingerprint density at radius 1 is 0.981 bits per heavy atom. The number of esters is 1. The van der Waals surface area contributed by atoms with Crippen molar-refractivity contribution < 1.29 is 37.7 Å². The van der Waals surface area contributed by atoms with Crippen molar-refractivity contribution in [1.82, 2.24) is 19.7 Å². The predicted molar refractivity (Wildman–Crippen MR) is 190 cm³/mol. The molecule has 270 valence electrons. The molecule has 13 nitrogen and oxygen atoms in total. The molecule has 52 heavy (non-hydrogen) atoms. The number of hydrogen-bond donors (Lipinski definition) is 2. The second kappa shape index (κ2) is 14.2. The summed E-state index contributed by atoms with van der Waals surface area (Å²) in [7, 11) is 1.68. The van der Waals surface area contributed by atoms with Crippen LogP contribution in [0.5, 0.6) is 17.2 Å². The van der Waals surface area contributed by atoms with Crippen molar-refractivity contribution in [2.75, 3.05) is 18.5 Å². The van der Waals surface area contributed by atoms with Crippen LogP contribution < -0.4 is 25.7 Å². The van der Waals surface area contributed by atoms with Crippen molar-refractivity contribution in [1.29, 1.82) is 0 Å². The van der Waals surface area contributed by atoms with E-state index in [1.165, 1.54) is 23.0 Å². The molecule has 0 bridgehead atoms. The lowest BCUT2D eigenvalue weighted by molar-refractivity contribution is -0.151. The summed E-state index contributed by atoms with van der Waals surface area (Å²) in [5, 5.41) is 5.59. The highest BCUT2D eigenvalue weighted by Crippen LogP contribution is 2.40. The quantitative estimate of drug-likeness (QED) is 0.153. The summed E-state index contributed by atoms with van der Waals surface area (Å²) in [6.45, 7) is 6.61. The number of anilines is 1. The number of halogens is 1. The van der Waals surface area contributed by atoms with Crippen LogP contribution in [0.1, 0.15) is 49.7 Å². The van der Waals surface area contributed by atoms with Crippen LogP contribution in [0.25, 0.3) is 16.6 Å². The molecule has 6 rings (SSSR count). The fourth-order valence-corrected chi connectivity index (χ4v) is 5.45. The lowest BCUT2D eigenvalue weighted by atomic mass is 10.2. The van der Waals surface area contributed by atoms with Gasteiger partial charge in [0.05, 0.1) is 16.9 Å². The number of fused-ring (bicyclic) bond motifs is 1. The second-order valence-corrected chi connectivity index (χ2v) is 13.4. The highest BCUT2D eigenvalue weighted by Gasteiger charge is 2.48. The number of para-hydroxylation sites is 1. The molecular weight excluding hydrogens is 673 g/mol. The number of pyridine rings is 1. The van der Waals surface area contributed by atoms with E-state index in [0.29, 0.717) is 46.6 Å². The third kappa shape index (κ3) is 8.06. The molecule has 0 aliphatic heterocycles. The topological polar surface area (TPSA) is 152 Å². The molecule has 14 heteroatoms. The van der Waals surface area contributed by atoms with Gasteiger partial charge in [0, 0.05) is 36.5 Å². The summed E-state index contributed by atoms with van der Waals surface area (Å²) in [5.74, 6) is -1.29. The zero-order valence-corrected chi connectivity index (χ0v) is 29.3. The van der Waals surface area contributed by atoms with Crippen molar-refractivity contribution in [3.05, 3.63) is 106 Å². The van der Waals surface area contributed by atoms with Gasteiger partial charge in [0.25, 0.3) is 11.5 Å². The summed E-state index contributed by atoms with van der Waals surface area (Å²) in [6.07, 6.45) is 2.03. The van der Waals surface area contributed by atoms with E-state index >= 15 is 4.39 Å². The average Bonchev–Trinajstić information content (AvgIpc) is 3.81. The van der Waals surface area contributed by atoms with Crippen molar-refractivity contribution >= 4 is 34.6 Å². The molecule has 1 aliphatic carbocycles. The van der Waals surface area contributed by atoms with Crippen molar-refractivity contribution in [2.45, 2.75) is 51.7 Å². The number of alkyl carbamates (subject to hydrolysis) is 1. The number of nitrogens with one attached hydrogen (secondary N) is 2. The zero-order chi connectivity index (χ0) is 37.2. The molecule has 2 aromatic heterocycles. The minimum Gasteiger partial charge on any atom is -0.489 e. The molecule has 0 unspecified atom stereocenters. The van der Waals surface area contributed by atoms with E-state index < -0.39 is 40.5 Å². The van der Waals surface area contributed by atoms with E-state index in [4.69, 9.17) is 18.9 Å². The van der Waals surface area contributed by atoms with Gasteiger partial charge in [0.15, 0.2) is 11.6 Å². The number of carbonyl (C=O) groups is 3. The number of hydrogen-bond acceptors (Lipinski definition) is 9. The fraction of sp³-hybridized carbons (Fsp3) is 0.289. The Hall–Kier alpha value is -6.18. The Kier molecular flexibility index (Phi) is 9.74. The maximum atomic E-state index is 15.3. The van der Waals surface area contributed by atoms with Crippen LogP contribution in [0.15, 0.2) is 83.8 Å². The van der Waals surface area contributed by atoms with Crippen LogP contribution in [0.4, 0.5) is 14.9 Å². The van der Waals surface area contributed by atoms with E-state index in [1.807, 2.05) is 6.07 Å². The SMILES string of the molecule is Cc1c(C(=O)Nc2ccc(Oc3ccnc4cc(OCC5(OC(=O)CNC(=O)OC(C)(C)C)CC5)ccc34)c(F)c2)c(=O)n(-c2ccccc2)n1C. The molecule has 0 radical (unpaired) electrons. The Bertz CT molecular complexity index is 2220. The van der Waals surface area contributed by atoms with Gasteiger partial charge in [-0.3, -0.25) is 24.0 Å². The minimum absolute atomic E-state index is 0.0559. The predicted octanol–water partition coefficient (Wildman–Crippen LogP) is 6.20. The summed E-state index contributed by atoms with van der Waals surface area (Å²) in [4.78, 5) is 55.0. The molecule has 3 aromatic carbocycles. The number of benzene rings is 3. The maximum Gasteiger partial charge on any atom is 0.408 e. The molecule has 2 heterocycles. The number of rotatable bonds is 11.